The average molecular weight is 375 g/mol. The predicted molar refractivity (Wildman–Crippen MR) is 102 cm³/mol. The molecule has 6 heteroatoms. The van der Waals surface area contributed by atoms with Crippen molar-refractivity contribution in [3.05, 3.63) is 59.4 Å². The fourth-order valence-corrected chi connectivity index (χ4v) is 3.16. The normalized spacial score (nSPS) is 11.7. The van der Waals surface area contributed by atoms with Crippen molar-refractivity contribution in [2.24, 2.45) is 0 Å². The van der Waals surface area contributed by atoms with E-state index in [1.54, 1.807) is 19.1 Å². The summed E-state index contributed by atoms with van der Waals surface area (Å²) in [7, 11) is 0. The number of benzene rings is 2. The summed E-state index contributed by atoms with van der Waals surface area (Å²) in [5.41, 5.74) is 2.65. The van der Waals surface area contributed by atoms with Gasteiger partial charge in [-0.15, -0.1) is 11.8 Å². The summed E-state index contributed by atoms with van der Waals surface area (Å²) in [6.07, 6.45) is -0.708. The van der Waals surface area contributed by atoms with Gasteiger partial charge >= 0.3 is 5.97 Å². The van der Waals surface area contributed by atoms with E-state index in [0.29, 0.717) is 5.75 Å². The third-order valence-corrected chi connectivity index (χ3v) is 4.81. The van der Waals surface area contributed by atoms with Gasteiger partial charge in [-0.05, 0) is 56.2 Å². The molecule has 138 valence electrons. The molecule has 0 aliphatic rings. The van der Waals surface area contributed by atoms with Crippen LogP contribution in [0.2, 0.25) is 0 Å². The molecular weight excluding hydrogens is 353 g/mol. The molecule has 0 fully saturated rings. The number of amides is 1. The molecule has 0 saturated heterocycles. The smallest absolute Gasteiger partial charge is 0.307 e. The lowest BCUT2D eigenvalue weighted by Crippen LogP contribution is -2.30. The number of rotatable bonds is 7. The van der Waals surface area contributed by atoms with E-state index >= 15 is 0 Å². The number of ether oxygens (including phenoxy) is 1. The highest BCUT2D eigenvalue weighted by atomic mass is 32.2. The second-order valence-corrected chi connectivity index (χ2v) is 7.11. The summed E-state index contributed by atoms with van der Waals surface area (Å²) in [6, 6.07) is 11.8. The first-order valence-corrected chi connectivity index (χ1v) is 9.30. The van der Waals surface area contributed by atoms with Crippen molar-refractivity contribution in [3.8, 4) is 0 Å². The van der Waals surface area contributed by atoms with E-state index in [1.807, 2.05) is 32.0 Å². The lowest BCUT2D eigenvalue weighted by Gasteiger charge is -2.16. The van der Waals surface area contributed by atoms with Gasteiger partial charge in [-0.25, -0.2) is 4.39 Å². The Kier molecular flexibility index (Phi) is 7.21. The number of carbonyl (C=O) groups excluding carboxylic acids is 2. The molecule has 2 aromatic rings. The van der Waals surface area contributed by atoms with E-state index in [1.165, 1.54) is 23.9 Å². The zero-order valence-corrected chi connectivity index (χ0v) is 15.9. The monoisotopic (exact) mass is 375 g/mol. The number of halogens is 1. The lowest BCUT2D eigenvalue weighted by molar-refractivity contribution is -0.152. The number of nitrogens with one attached hydrogen (secondary N) is 1. The molecule has 2 aromatic carbocycles. The zero-order valence-electron chi connectivity index (χ0n) is 15.0. The molecule has 0 aliphatic heterocycles. The van der Waals surface area contributed by atoms with E-state index in [-0.39, 0.29) is 18.1 Å². The van der Waals surface area contributed by atoms with Gasteiger partial charge in [-0.1, -0.05) is 18.2 Å². The Hall–Kier alpha value is -2.34. The first-order valence-electron chi connectivity index (χ1n) is 8.31. The highest BCUT2D eigenvalue weighted by Crippen LogP contribution is 2.21. The number of esters is 1. The Morgan fingerprint density at radius 1 is 1.12 bits per heavy atom. The topological polar surface area (TPSA) is 55.4 Å². The van der Waals surface area contributed by atoms with E-state index in [9.17, 15) is 14.0 Å². The van der Waals surface area contributed by atoms with Gasteiger partial charge in [-0.3, -0.25) is 9.59 Å². The van der Waals surface area contributed by atoms with Gasteiger partial charge in [0.1, 0.15) is 5.82 Å². The fraction of sp³-hybridized carbons (Fsp3) is 0.300. The van der Waals surface area contributed by atoms with Crippen LogP contribution in [0.4, 0.5) is 10.1 Å². The number of anilines is 1. The maximum absolute atomic E-state index is 12.8. The molecule has 4 nitrogen and oxygen atoms in total. The molecule has 0 unspecified atom stereocenters. The van der Waals surface area contributed by atoms with Crippen molar-refractivity contribution in [2.45, 2.75) is 38.2 Å². The van der Waals surface area contributed by atoms with Crippen LogP contribution in [0.3, 0.4) is 0 Å². The zero-order chi connectivity index (χ0) is 19.1. The molecule has 0 saturated carbocycles. The summed E-state index contributed by atoms with van der Waals surface area (Å²) < 4.78 is 18.0. The van der Waals surface area contributed by atoms with Gasteiger partial charge in [-0.2, -0.15) is 0 Å². The van der Waals surface area contributed by atoms with Crippen molar-refractivity contribution in [1.29, 1.82) is 0 Å². The van der Waals surface area contributed by atoms with E-state index < -0.39 is 12.1 Å². The Labute approximate surface area is 157 Å². The highest BCUT2D eigenvalue weighted by Gasteiger charge is 2.19. The molecular formula is C20H22FNO3S. The van der Waals surface area contributed by atoms with Gasteiger partial charge in [0, 0.05) is 16.3 Å². The molecule has 0 aliphatic carbocycles. The molecule has 1 atom stereocenters. The quantitative estimate of drug-likeness (QED) is 0.572. The number of para-hydroxylation sites is 1. The minimum absolute atomic E-state index is 0.170. The molecule has 0 heterocycles. The summed E-state index contributed by atoms with van der Waals surface area (Å²) >= 11 is 1.43. The maximum atomic E-state index is 12.8. The summed E-state index contributed by atoms with van der Waals surface area (Å²) in [5.74, 6) is -0.599. The summed E-state index contributed by atoms with van der Waals surface area (Å²) in [6.45, 7) is 5.37. The second kappa shape index (κ2) is 9.38. The maximum Gasteiger partial charge on any atom is 0.307 e. The first-order chi connectivity index (χ1) is 12.4. The van der Waals surface area contributed by atoms with E-state index in [0.717, 1.165) is 21.7 Å². The van der Waals surface area contributed by atoms with Crippen molar-refractivity contribution < 1.29 is 18.7 Å². The summed E-state index contributed by atoms with van der Waals surface area (Å²) in [5, 5.41) is 2.81. The van der Waals surface area contributed by atoms with Crippen LogP contribution in [0, 0.1) is 19.7 Å². The molecule has 0 spiro atoms. The van der Waals surface area contributed by atoms with Gasteiger partial charge in [0.25, 0.3) is 5.91 Å². The van der Waals surface area contributed by atoms with Crippen molar-refractivity contribution in [3.63, 3.8) is 0 Å². The third kappa shape index (κ3) is 5.88. The highest BCUT2D eigenvalue weighted by molar-refractivity contribution is 7.99. The van der Waals surface area contributed by atoms with E-state index in [2.05, 4.69) is 5.32 Å². The van der Waals surface area contributed by atoms with Crippen molar-refractivity contribution in [1.82, 2.24) is 0 Å². The minimum Gasteiger partial charge on any atom is -0.453 e. The number of carbonyl (C=O) groups is 2. The Morgan fingerprint density at radius 2 is 1.73 bits per heavy atom. The molecule has 1 amide bonds. The molecule has 1 N–H and O–H groups in total. The van der Waals surface area contributed by atoms with Crippen LogP contribution in [0.25, 0.3) is 0 Å². The van der Waals surface area contributed by atoms with Gasteiger partial charge < -0.3 is 10.1 Å². The Balaban J connectivity index is 1.78. The van der Waals surface area contributed by atoms with Crippen LogP contribution >= 0.6 is 11.8 Å². The van der Waals surface area contributed by atoms with Gasteiger partial charge in [0.15, 0.2) is 6.10 Å². The third-order valence-electron chi connectivity index (χ3n) is 3.80. The van der Waals surface area contributed by atoms with Crippen LogP contribution in [0.1, 0.15) is 24.5 Å². The molecule has 26 heavy (non-hydrogen) atoms. The van der Waals surface area contributed by atoms with Crippen LogP contribution in [0.15, 0.2) is 47.4 Å². The lowest BCUT2D eigenvalue weighted by atomic mass is 10.1. The largest absolute Gasteiger partial charge is 0.453 e. The van der Waals surface area contributed by atoms with E-state index in [4.69, 9.17) is 4.74 Å². The average Bonchev–Trinajstić information content (AvgIpc) is 2.59. The molecule has 0 bridgehead atoms. The number of hydrogen-bond acceptors (Lipinski definition) is 4. The van der Waals surface area contributed by atoms with Gasteiger partial charge in [0.05, 0.1) is 6.42 Å². The number of aryl methyl sites for hydroxylation is 2. The van der Waals surface area contributed by atoms with Crippen molar-refractivity contribution in [2.75, 3.05) is 11.1 Å². The van der Waals surface area contributed by atoms with Crippen LogP contribution < -0.4 is 5.32 Å². The van der Waals surface area contributed by atoms with Crippen LogP contribution in [-0.4, -0.2) is 23.7 Å². The second-order valence-electron chi connectivity index (χ2n) is 5.94. The molecule has 0 radical (unpaired) electrons. The Morgan fingerprint density at radius 3 is 2.35 bits per heavy atom. The molecule has 2 rings (SSSR count). The SMILES string of the molecule is Cc1cccc(C)c1NC(=O)[C@@H](C)OC(=O)CCSc1ccc(F)cc1. The number of hydrogen-bond donors (Lipinski definition) is 1. The summed E-state index contributed by atoms with van der Waals surface area (Å²) in [4.78, 5) is 25.0. The predicted octanol–water partition coefficient (Wildman–Crippen LogP) is 4.50. The van der Waals surface area contributed by atoms with Gasteiger partial charge in [0.2, 0.25) is 0 Å². The van der Waals surface area contributed by atoms with Crippen LogP contribution in [0.5, 0.6) is 0 Å². The van der Waals surface area contributed by atoms with Crippen LogP contribution in [-0.2, 0) is 14.3 Å². The molecule has 0 aromatic heterocycles. The minimum atomic E-state index is -0.877. The Bertz CT molecular complexity index is 757. The van der Waals surface area contributed by atoms with Crippen molar-refractivity contribution >= 4 is 29.3 Å². The number of thioether (sulfide) groups is 1. The fourth-order valence-electron chi connectivity index (χ4n) is 2.33. The standard InChI is InChI=1S/C20H22FNO3S/c1-13-5-4-6-14(2)19(13)22-20(24)15(3)25-18(23)11-12-26-17-9-7-16(21)8-10-17/h4-10,15H,11-12H2,1-3H3,(H,22,24)/t15-/m1/s1. The first kappa shape index (κ1) is 20.0.